The minimum absolute atomic E-state index is 0.608. The van der Waals surface area contributed by atoms with Gasteiger partial charge in [-0.2, -0.15) is 0 Å². The van der Waals surface area contributed by atoms with Crippen LogP contribution in [0.25, 0.3) is 0 Å². The van der Waals surface area contributed by atoms with Crippen LogP contribution in [-0.2, 0) is 0 Å². The molecule has 0 aromatic heterocycles. The van der Waals surface area contributed by atoms with Crippen LogP contribution in [0.1, 0.15) is 73.1 Å². The largest absolute Gasteiger partial charge is 0.375 e. The summed E-state index contributed by atoms with van der Waals surface area (Å²) in [4.78, 5) is 2.50. The SMILES string of the molecule is C=C(C(C)C)N1CCC(CCCCC)CC1.CC. The van der Waals surface area contributed by atoms with Crippen molar-refractivity contribution in [2.45, 2.75) is 73.1 Å². The molecule has 1 rings (SSSR count). The summed E-state index contributed by atoms with van der Waals surface area (Å²) in [6.07, 6.45) is 8.43. The number of unbranched alkanes of at least 4 members (excludes halogenated alkanes) is 2. The molecule has 1 heteroatoms. The lowest BCUT2D eigenvalue weighted by molar-refractivity contribution is 0.203. The molecule has 0 spiro atoms. The van der Waals surface area contributed by atoms with Crippen LogP contribution < -0.4 is 0 Å². The van der Waals surface area contributed by atoms with Crippen molar-refractivity contribution in [3.05, 3.63) is 12.3 Å². The summed E-state index contributed by atoms with van der Waals surface area (Å²) >= 11 is 0. The Balaban J connectivity index is 0.00000137. The van der Waals surface area contributed by atoms with Gasteiger partial charge in [-0.1, -0.05) is 66.9 Å². The molecule has 0 aliphatic carbocycles. The summed E-state index contributed by atoms with van der Waals surface area (Å²) in [7, 11) is 0. The highest BCUT2D eigenvalue weighted by Gasteiger charge is 2.20. The fourth-order valence-electron chi connectivity index (χ4n) is 2.56. The molecule has 108 valence electrons. The van der Waals surface area contributed by atoms with Gasteiger partial charge in [0.05, 0.1) is 0 Å². The lowest BCUT2D eigenvalue weighted by Gasteiger charge is -2.36. The zero-order chi connectivity index (χ0) is 14.0. The molecule has 18 heavy (non-hydrogen) atoms. The Kier molecular flexibility index (Phi) is 10.2. The zero-order valence-corrected chi connectivity index (χ0v) is 13.5. The zero-order valence-electron chi connectivity index (χ0n) is 13.5. The van der Waals surface area contributed by atoms with E-state index in [0.717, 1.165) is 5.92 Å². The van der Waals surface area contributed by atoms with Crippen molar-refractivity contribution in [2.75, 3.05) is 13.1 Å². The fraction of sp³-hybridized carbons (Fsp3) is 0.882. The average Bonchev–Trinajstić information content (AvgIpc) is 2.41. The maximum atomic E-state index is 4.20. The molecule has 1 saturated heterocycles. The molecular formula is C17H35N. The van der Waals surface area contributed by atoms with Gasteiger partial charge in [-0.05, 0) is 24.7 Å². The van der Waals surface area contributed by atoms with Gasteiger partial charge in [0.25, 0.3) is 0 Å². The first-order valence-corrected chi connectivity index (χ1v) is 8.08. The van der Waals surface area contributed by atoms with Gasteiger partial charge >= 0.3 is 0 Å². The lowest BCUT2D eigenvalue weighted by Crippen LogP contribution is -2.34. The molecule has 0 amide bonds. The molecular weight excluding hydrogens is 218 g/mol. The highest BCUT2D eigenvalue weighted by Crippen LogP contribution is 2.26. The quantitative estimate of drug-likeness (QED) is 0.567. The van der Waals surface area contributed by atoms with Crippen molar-refractivity contribution in [1.29, 1.82) is 0 Å². The molecule has 1 fully saturated rings. The van der Waals surface area contributed by atoms with Gasteiger partial charge in [0, 0.05) is 18.8 Å². The smallest absolute Gasteiger partial charge is 0.0177 e. The summed E-state index contributed by atoms with van der Waals surface area (Å²) in [5, 5.41) is 0. The van der Waals surface area contributed by atoms with Crippen molar-refractivity contribution in [2.24, 2.45) is 11.8 Å². The number of piperidine rings is 1. The minimum atomic E-state index is 0.608. The third-order valence-electron chi connectivity index (χ3n) is 3.90. The molecule has 0 saturated carbocycles. The third-order valence-corrected chi connectivity index (χ3v) is 3.90. The number of likely N-dealkylation sites (tertiary alicyclic amines) is 1. The third kappa shape index (κ3) is 6.47. The Hall–Kier alpha value is -0.460. The molecule has 1 nitrogen and oxygen atoms in total. The topological polar surface area (TPSA) is 3.24 Å². The van der Waals surface area contributed by atoms with Gasteiger partial charge in [-0.25, -0.2) is 0 Å². The predicted molar refractivity (Wildman–Crippen MR) is 83.8 cm³/mol. The van der Waals surface area contributed by atoms with E-state index in [1.165, 1.54) is 57.3 Å². The van der Waals surface area contributed by atoms with Crippen LogP contribution in [0, 0.1) is 11.8 Å². The monoisotopic (exact) mass is 253 g/mol. The maximum Gasteiger partial charge on any atom is 0.0177 e. The van der Waals surface area contributed by atoms with E-state index in [9.17, 15) is 0 Å². The van der Waals surface area contributed by atoms with Crippen LogP contribution in [0.5, 0.6) is 0 Å². The van der Waals surface area contributed by atoms with E-state index < -0.39 is 0 Å². The van der Waals surface area contributed by atoms with Crippen molar-refractivity contribution < 1.29 is 0 Å². The van der Waals surface area contributed by atoms with E-state index in [4.69, 9.17) is 0 Å². The Labute approximate surface area is 116 Å². The normalized spacial score (nSPS) is 16.4. The van der Waals surface area contributed by atoms with E-state index >= 15 is 0 Å². The summed E-state index contributed by atoms with van der Waals surface area (Å²) in [6.45, 7) is 17.5. The molecule has 0 atom stereocenters. The highest BCUT2D eigenvalue weighted by atomic mass is 15.1. The van der Waals surface area contributed by atoms with Gasteiger partial charge in [0.1, 0.15) is 0 Å². The summed E-state index contributed by atoms with van der Waals surface area (Å²) in [6, 6.07) is 0. The van der Waals surface area contributed by atoms with Gasteiger partial charge in [0.15, 0.2) is 0 Å². The Bertz CT molecular complexity index is 200. The molecule has 0 N–H and O–H groups in total. The average molecular weight is 253 g/mol. The van der Waals surface area contributed by atoms with Crippen molar-refractivity contribution >= 4 is 0 Å². The summed E-state index contributed by atoms with van der Waals surface area (Å²) < 4.78 is 0. The predicted octanol–water partition coefficient (Wildman–Crippen LogP) is 5.47. The lowest BCUT2D eigenvalue weighted by atomic mass is 9.90. The van der Waals surface area contributed by atoms with E-state index in [2.05, 4.69) is 32.3 Å². The van der Waals surface area contributed by atoms with Gasteiger partial charge in [-0.15, -0.1) is 0 Å². The van der Waals surface area contributed by atoms with Crippen LogP contribution in [0.3, 0.4) is 0 Å². The molecule has 0 aromatic carbocycles. The van der Waals surface area contributed by atoms with Crippen LogP contribution in [0.2, 0.25) is 0 Å². The number of hydrogen-bond acceptors (Lipinski definition) is 1. The van der Waals surface area contributed by atoms with Crippen molar-refractivity contribution in [3.8, 4) is 0 Å². The molecule has 0 aromatic rings. The van der Waals surface area contributed by atoms with Crippen molar-refractivity contribution in [3.63, 3.8) is 0 Å². The Morgan fingerprint density at radius 1 is 1.17 bits per heavy atom. The minimum Gasteiger partial charge on any atom is -0.375 e. The number of allylic oxidation sites excluding steroid dienone is 1. The Morgan fingerprint density at radius 2 is 1.72 bits per heavy atom. The Morgan fingerprint density at radius 3 is 2.17 bits per heavy atom. The van der Waals surface area contributed by atoms with E-state index in [1.807, 2.05) is 13.8 Å². The molecule has 1 aliphatic rings. The molecule has 0 unspecified atom stereocenters. The van der Waals surface area contributed by atoms with Gasteiger partial charge < -0.3 is 4.90 Å². The first kappa shape index (κ1) is 17.5. The highest BCUT2D eigenvalue weighted by molar-refractivity contribution is 4.98. The van der Waals surface area contributed by atoms with Crippen LogP contribution in [0.15, 0.2) is 12.3 Å². The number of hydrogen-bond donors (Lipinski definition) is 0. The second-order valence-corrected chi connectivity index (χ2v) is 5.57. The first-order valence-electron chi connectivity index (χ1n) is 8.08. The van der Waals surface area contributed by atoms with E-state index in [1.54, 1.807) is 0 Å². The summed E-state index contributed by atoms with van der Waals surface area (Å²) in [5.74, 6) is 1.60. The van der Waals surface area contributed by atoms with E-state index in [0.29, 0.717) is 5.92 Å². The maximum absolute atomic E-state index is 4.20. The van der Waals surface area contributed by atoms with Crippen molar-refractivity contribution in [1.82, 2.24) is 4.90 Å². The van der Waals surface area contributed by atoms with Gasteiger partial charge in [0.2, 0.25) is 0 Å². The van der Waals surface area contributed by atoms with Gasteiger partial charge in [-0.3, -0.25) is 0 Å². The van der Waals surface area contributed by atoms with E-state index in [-0.39, 0.29) is 0 Å². The van der Waals surface area contributed by atoms with Crippen LogP contribution in [0.4, 0.5) is 0 Å². The first-order chi connectivity index (χ1) is 8.65. The second-order valence-electron chi connectivity index (χ2n) is 5.57. The number of nitrogens with zero attached hydrogens (tertiary/aromatic N) is 1. The second kappa shape index (κ2) is 10.5. The standard InChI is InChI=1S/C15H29N.C2H6/c1-5-6-7-8-15-9-11-16(12-10-15)14(4)13(2)3;1-2/h13,15H,4-12H2,1-3H3;1-2H3. The molecule has 0 radical (unpaired) electrons. The molecule has 0 bridgehead atoms. The number of rotatable bonds is 6. The fourth-order valence-corrected chi connectivity index (χ4v) is 2.56. The molecule has 1 heterocycles. The summed E-state index contributed by atoms with van der Waals surface area (Å²) in [5.41, 5.74) is 1.34. The molecule has 1 aliphatic heterocycles. The van der Waals surface area contributed by atoms with Crippen LogP contribution in [-0.4, -0.2) is 18.0 Å². The van der Waals surface area contributed by atoms with Crippen LogP contribution >= 0.6 is 0 Å².